The second kappa shape index (κ2) is 10.0. The lowest BCUT2D eigenvalue weighted by Gasteiger charge is -2.32. The minimum Gasteiger partial charge on any atom is -0.447 e. The topological polar surface area (TPSA) is 73.8 Å². The maximum Gasteiger partial charge on any atom is 0.415 e. The molecule has 178 valence electrons. The van der Waals surface area contributed by atoms with Gasteiger partial charge in [-0.3, -0.25) is 9.80 Å². The second-order valence-corrected chi connectivity index (χ2v) is 9.29. The van der Waals surface area contributed by atoms with E-state index in [4.69, 9.17) is 4.74 Å². The van der Waals surface area contributed by atoms with Gasteiger partial charge in [-0.05, 0) is 37.6 Å². The van der Waals surface area contributed by atoms with E-state index < -0.39 is 6.09 Å². The number of piperazine rings is 1. The van der Waals surface area contributed by atoms with Crippen molar-refractivity contribution in [3.63, 3.8) is 0 Å². The van der Waals surface area contributed by atoms with Gasteiger partial charge in [-0.1, -0.05) is 26.0 Å². The summed E-state index contributed by atoms with van der Waals surface area (Å²) in [5, 5.41) is 3.23. The molecule has 33 heavy (non-hydrogen) atoms. The number of aromatic nitrogens is 2. The van der Waals surface area contributed by atoms with Crippen LogP contribution < -0.4 is 10.2 Å². The Morgan fingerprint density at radius 2 is 1.94 bits per heavy atom. The van der Waals surface area contributed by atoms with Crippen LogP contribution in [0.4, 0.5) is 21.0 Å². The van der Waals surface area contributed by atoms with E-state index in [0.29, 0.717) is 30.5 Å². The highest BCUT2D eigenvalue weighted by atomic mass is 19.1. The van der Waals surface area contributed by atoms with E-state index in [1.807, 2.05) is 32.9 Å². The lowest BCUT2D eigenvalue weighted by atomic mass is 10.0. The fourth-order valence-electron chi connectivity index (χ4n) is 4.23. The van der Waals surface area contributed by atoms with E-state index in [-0.39, 0.29) is 23.8 Å². The third-order valence-corrected chi connectivity index (χ3v) is 6.48. The minimum absolute atomic E-state index is 0.0698. The van der Waals surface area contributed by atoms with E-state index in [1.54, 1.807) is 23.2 Å². The van der Waals surface area contributed by atoms with Crippen LogP contribution in [0.2, 0.25) is 0 Å². The molecule has 8 nitrogen and oxygen atoms in total. The highest BCUT2D eigenvalue weighted by Crippen LogP contribution is 2.27. The van der Waals surface area contributed by atoms with Crippen molar-refractivity contribution in [2.24, 2.45) is 5.92 Å². The highest BCUT2D eigenvalue weighted by molar-refractivity contribution is 5.89. The van der Waals surface area contributed by atoms with Crippen LogP contribution in [-0.4, -0.2) is 71.7 Å². The van der Waals surface area contributed by atoms with Crippen molar-refractivity contribution in [3.05, 3.63) is 47.4 Å². The number of hydrogen-bond acceptors (Lipinski definition) is 7. The van der Waals surface area contributed by atoms with Gasteiger partial charge >= 0.3 is 6.09 Å². The number of rotatable bonds is 7. The Labute approximate surface area is 194 Å². The minimum atomic E-state index is -0.399. The van der Waals surface area contributed by atoms with Gasteiger partial charge in [-0.25, -0.2) is 14.2 Å². The molecule has 0 unspecified atom stereocenters. The van der Waals surface area contributed by atoms with E-state index in [0.717, 1.165) is 31.7 Å². The van der Waals surface area contributed by atoms with E-state index in [2.05, 4.69) is 32.1 Å². The van der Waals surface area contributed by atoms with E-state index >= 15 is 0 Å². The molecule has 1 aromatic heterocycles. The zero-order chi connectivity index (χ0) is 23.5. The molecule has 2 aliphatic rings. The quantitative estimate of drug-likeness (QED) is 0.683. The monoisotopic (exact) mass is 456 g/mol. The Hall–Kier alpha value is -2.78. The van der Waals surface area contributed by atoms with Gasteiger partial charge < -0.3 is 15.0 Å². The molecule has 1 amide bonds. The number of benzene rings is 1. The number of amides is 1. The summed E-state index contributed by atoms with van der Waals surface area (Å²) in [5.41, 5.74) is 1.52. The predicted octanol–water partition coefficient (Wildman–Crippen LogP) is 3.52. The number of ether oxygens (including phenoxy) is 1. The Morgan fingerprint density at radius 1 is 1.18 bits per heavy atom. The molecule has 2 saturated heterocycles. The van der Waals surface area contributed by atoms with E-state index in [1.165, 1.54) is 0 Å². The maximum absolute atomic E-state index is 14.9. The molecule has 3 heterocycles. The van der Waals surface area contributed by atoms with Gasteiger partial charge in [0.25, 0.3) is 0 Å². The molecule has 4 rings (SSSR count). The molecule has 2 atom stereocenters. The zero-order valence-electron chi connectivity index (χ0n) is 19.8. The first kappa shape index (κ1) is 23.4. The number of nitrogens with zero attached hydrogens (tertiary/aromatic N) is 5. The molecule has 2 aromatic rings. The number of cyclic esters (lactones) is 1. The van der Waals surface area contributed by atoms with Crippen molar-refractivity contribution in [2.45, 2.75) is 39.4 Å². The standard InChI is InChI=1S/C24H33FN6O2/c1-16(2)21-15-33-24(32)31(21)22-7-8-26-23(28-22)27-17(3)18-5-6-19(20(25)13-18)14-30-11-9-29(4)10-12-30/h5-8,13,16-17,21H,9-12,14-15H2,1-4H3,(H,26,27,28)/t17-,21+/m0/s1. The van der Waals surface area contributed by atoms with Crippen LogP contribution in [0.15, 0.2) is 30.5 Å². The molecule has 2 aliphatic heterocycles. The first-order chi connectivity index (χ1) is 15.8. The number of carbonyl (C=O) groups excluding carboxylic acids is 1. The van der Waals surface area contributed by atoms with Gasteiger partial charge in [0.15, 0.2) is 0 Å². The second-order valence-electron chi connectivity index (χ2n) is 9.29. The molecule has 1 aromatic carbocycles. The van der Waals surface area contributed by atoms with Crippen molar-refractivity contribution >= 4 is 17.9 Å². The van der Waals surface area contributed by atoms with Crippen LogP contribution in [0.1, 0.15) is 37.9 Å². The molecule has 0 aliphatic carbocycles. The summed E-state index contributed by atoms with van der Waals surface area (Å²) in [7, 11) is 2.11. The average molecular weight is 457 g/mol. The van der Waals surface area contributed by atoms with Crippen molar-refractivity contribution in [1.29, 1.82) is 0 Å². The van der Waals surface area contributed by atoms with Crippen molar-refractivity contribution in [3.8, 4) is 0 Å². The number of carbonyl (C=O) groups is 1. The molecule has 0 spiro atoms. The normalized spacial score (nSPS) is 20.8. The lowest BCUT2D eigenvalue weighted by Crippen LogP contribution is -2.44. The molecule has 1 N–H and O–H groups in total. The zero-order valence-corrected chi connectivity index (χ0v) is 19.8. The van der Waals surface area contributed by atoms with Gasteiger partial charge in [0.05, 0.1) is 12.1 Å². The van der Waals surface area contributed by atoms with Crippen LogP contribution in [0, 0.1) is 11.7 Å². The predicted molar refractivity (Wildman–Crippen MR) is 126 cm³/mol. The fraction of sp³-hybridized carbons (Fsp3) is 0.542. The molecule has 2 fully saturated rings. The SMILES string of the molecule is CC(C)[C@H]1COC(=O)N1c1ccnc(N[C@@H](C)c2ccc(CN3CCN(C)CC3)c(F)c2)n1. The maximum atomic E-state index is 14.9. The largest absolute Gasteiger partial charge is 0.447 e. The average Bonchev–Trinajstić information content (AvgIpc) is 3.18. The van der Waals surface area contributed by atoms with Crippen LogP contribution >= 0.6 is 0 Å². The summed E-state index contributed by atoms with van der Waals surface area (Å²) >= 11 is 0. The van der Waals surface area contributed by atoms with Crippen molar-refractivity contribution in [2.75, 3.05) is 50.1 Å². The number of anilines is 2. The summed E-state index contributed by atoms with van der Waals surface area (Å²) < 4.78 is 20.1. The Bertz CT molecular complexity index is 979. The van der Waals surface area contributed by atoms with E-state index in [9.17, 15) is 9.18 Å². The molecule has 9 heteroatoms. The third kappa shape index (κ3) is 5.42. The summed E-state index contributed by atoms with van der Waals surface area (Å²) in [5.74, 6) is 0.905. The number of hydrogen-bond donors (Lipinski definition) is 1. The summed E-state index contributed by atoms with van der Waals surface area (Å²) in [4.78, 5) is 27.2. The Morgan fingerprint density at radius 3 is 2.64 bits per heavy atom. The summed E-state index contributed by atoms with van der Waals surface area (Å²) in [6.07, 6.45) is 1.21. The molecule has 0 bridgehead atoms. The number of nitrogens with one attached hydrogen (secondary N) is 1. The third-order valence-electron chi connectivity index (χ3n) is 6.48. The van der Waals surface area contributed by atoms with Crippen molar-refractivity contribution < 1.29 is 13.9 Å². The van der Waals surface area contributed by atoms with Gasteiger partial charge in [-0.2, -0.15) is 4.98 Å². The van der Waals surface area contributed by atoms with Gasteiger partial charge in [0, 0.05) is 44.5 Å². The van der Waals surface area contributed by atoms with Gasteiger partial charge in [0.2, 0.25) is 5.95 Å². The molecule has 0 saturated carbocycles. The summed E-state index contributed by atoms with van der Waals surface area (Å²) in [6, 6.07) is 6.82. The van der Waals surface area contributed by atoms with Gasteiger partial charge in [0.1, 0.15) is 18.2 Å². The number of halogens is 1. The smallest absolute Gasteiger partial charge is 0.415 e. The Kier molecular flexibility index (Phi) is 7.09. The Balaban J connectivity index is 1.43. The lowest BCUT2D eigenvalue weighted by molar-refractivity contribution is 0.147. The van der Waals surface area contributed by atoms with Crippen LogP contribution in [-0.2, 0) is 11.3 Å². The van der Waals surface area contributed by atoms with Gasteiger partial charge in [-0.15, -0.1) is 0 Å². The van der Waals surface area contributed by atoms with Crippen LogP contribution in [0.3, 0.4) is 0 Å². The van der Waals surface area contributed by atoms with Crippen LogP contribution in [0.5, 0.6) is 0 Å². The first-order valence-electron chi connectivity index (χ1n) is 11.6. The number of likely N-dealkylation sites (N-methyl/N-ethyl adjacent to an activating group) is 1. The highest BCUT2D eigenvalue weighted by Gasteiger charge is 2.37. The molecular formula is C24H33FN6O2. The molecule has 0 radical (unpaired) electrons. The van der Waals surface area contributed by atoms with Crippen LogP contribution in [0.25, 0.3) is 0 Å². The molecular weight excluding hydrogens is 423 g/mol. The fourth-order valence-corrected chi connectivity index (χ4v) is 4.23. The first-order valence-corrected chi connectivity index (χ1v) is 11.6. The summed E-state index contributed by atoms with van der Waals surface area (Å²) in [6.45, 7) is 10.9. The van der Waals surface area contributed by atoms with Crippen molar-refractivity contribution in [1.82, 2.24) is 19.8 Å².